The first kappa shape index (κ1) is 26.2. The highest BCUT2D eigenvalue weighted by molar-refractivity contribution is 5.97. The second kappa shape index (κ2) is 11.4. The molecule has 2 aromatic rings. The van der Waals surface area contributed by atoms with E-state index in [0.717, 1.165) is 0 Å². The third-order valence-corrected chi connectivity index (χ3v) is 5.92. The normalized spacial score (nSPS) is 14.5. The highest BCUT2D eigenvalue weighted by Crippen LogP contribution is 2.20. The van der Waals surface area contributed by atoms with E-state index in [4.69, 9.17) is 5.73 Å². The lowest BCUT2D eigenvalue weighted by Gasteiger charge is -2.35. The van der Waals surface area contributed by atoms with Crippen LogP contribution in [-0.2, 0) is 11.3 Å². The smallest absolute Gasteiger partial charge is 0.330 e. The zero-order valence-corrected chi connectivity index (χ0v) is 21.0. The van der Waals surface area contributed by atoms with Crippen molar-refractivity contribution in [3.05, 3.63) is 56.7 Å². The first-order valence-electron chi connectivity index (χ1n) is 12.1. The average molecular weight is 485 g/mol. The Bertz CT molecular complexity index is 1150. The molecule has 2 amide bonds. The zero-order chi connectivity index (χ0) is 25.7. The Balaban J connectivity index is 1.76. The van der Waals surface area contributed by atoms with Gasteiger partial charge < -0.3 is 15.5 Å². The van der Waals surface area contributed by atoms with Crippen molar-refractivity contribution in [3.8, 4) is 0 Å². The molecule has 3 N–H and O–H groups in total. The molecule has 0 unspecified atom stereocenters. The van der Waals surface area contributed by atoms with Crippen LogP contribution >= 0.6 is 0 Å². The van der Waals surface area contributed by atoms with Crippen LogP contribution in [0.15, 0.2) is 39.9 Å². The zero-order valence-electron chi connectivity index (χ0n) is 21.0. The first-order chi connectivity index (χ1) is 16.6. The Labute approximate surface area is 205 Å². The van der Waals surface area contributed by atoms with Gasteiger partial charge >= 0.3 is 5.69 Å². The van der Waals surface area contributed by atoms with Gasteiger partial charge in [0.05, 0.1) is 6.54 Å². The summed E-state index contributed by atoms with van der Waals surface area (Å²) >= 11 is 0. The van der Waals surface area contributed by atoms with Crippen LogP contribution in [0.25, 0.3) is 0 Å². The lowest BCUT2D eigenvalue weighted by molar-refractivity contribution is -0.120. The SMILES string of the molecule is CC(C)CN(C(=O)CN1CCN(C(=O)c2ccccc2)CC1)c1c(N)n(CC(C)C)c(=O)[nH]c1=O. The Morgan fingerprint density at radius 1 is 1.00 bits per heavy atom. The van der Waals surface area contributed by atoms with E-state index in [9.17, 15) is 19.2 Å². The highest BCUT2D eigenvalue weighted by atomic mass is 16.2. The van der Waals surface area contributed by atoms with Crippen molar-refractivity contribution >= 4 is 23.3 Å². The van der Waals surface area contributed by atoms with Crippen LogP contribution < -0.4 is 21.9 Å². The summed E-state index contributed by atoms with van der Waals surface area (Å²) in [6.45, 7) is 10.6. The molecule has 35 heavy (non-hydrogen) atoms. The molecule has 0 spiro atoms. The summed E-state index contributed by atoms with van der Waals surface area (Å²) in [6.07, 6.45) is 0. The van der Waals surface area contributed by atoms with E-state index in [2.05, 4.69) is 4.98 Å². The molecule has 1 aromatic carbocycles. The molecule has 1 aliphatic rings. The number of aromatic nitrogens is 2. The number of amides is 2. The number of carbonyl (C=O) groups is 2. The van der Waals surface area contributed by atoms with Crippen molar-refractivity contribution < 1.29 is 9.59 Å². The van der Waals surface area contributed by atoms with Crippen LogP contribution in [0.5, 0.6) is 0 Å². The van der Waals surface area contributed by atoms with Crippen LogP contribution in [0, 0.1) is 11.8 Å². The molecule has 0 bridgehead atoms. The average Bonchev–Trinajstić information content (AvgIpc) is 2.81. The molecular formula is C25H36N6O4. The highest BCUT2D eigenvalue weighted by Gasteiger charge is 2.28. The van der Waals surface area contributed by atoms with Gasteiger partial charge in [0.1, 0.15) is 5.82 Å². The Morgan fingerprint density at radius 2 is 1.63 bits per heavy atom. The molecule has 1 saturated heterocycles. The van der Waals surface area contributed by atoms with E-state index in [1.54, 1.807) is 17.0 Å². The van der Waals surface area contributed by atoms with Crippen molar-refractivity contribution in [2.75, 3.05) is 49.9 Å². The second-order valence-electron chi connectivity index (χ2n) is 9.83. The number of nitrogen functional groups attached to an aromatic ring is 1. The van der Waals surface area contributed by atoms with E-state index >= 15 is 0 Å². The molecule has 1 aromatic heterocycles. The Hall–Kier alpha value is -3.40. The number of nitrogens with two attached hydrogens (primary N) is 1. The minimum absolute atomic E-state index is 0.000253. The molecule has 0 saturated carbocycles. The van der Waals surface area contributed by atoms with Gasteiger partial charge in [0.2, 0.25) is 5.91 Å². The number of carbonyl (C=O) groups excluding carboxylic acids is 2. The summed E-state index contributed by atoms with van der Waals surface area (Å²) in [6, 6.07) is 9.13. The summed E-state index contributed by atoms with van der Waals surface area (Å²) in [5, 5.41) is 0. The molecule has 1 fully saturated rings. The first-order valence-corrected chi connectivity index (χ1v) is 12.1. The molecular weight excluding hydrogens is 448 g/mol. The van der Waals surface area contributed by atoms with Gasteiger partial charge in [-0.2, -0.15) is 0 Å². The van der Waals surface area contributed by atoms with Gasteiger partial charge in [-0.15, -0.1) is 0 Å². The van der Waals surface area contributed by atoms with Gasteiger partial charge in [0, 0.05) is 44.8 Å². The third-order valence-electron chi connectivity index (χ3n) is 5.92. The lowest BCUT2D eigenvalue weighted by atomic mass is 10.1. The quantitative estimate of drug-likeness (QED) is 0.581. The van der Waals surface area contributed by atoms with E-state index in [1.807, 2.05) is 50.8 Å². The molecule has 0 radical (unpaired) electrons. The summed E-state index contributed by atoms with van der Waals surface area (Å²) in [5.41, 5.74) is 5.69. The van der Waals surface area contributed by atoms with E-state index in [0.29, 0.717) is 44.8 Å². The van der Waals surface area contributed by atoms with Gasteiger partial charge in [-0.3, -0.25) is 28.8 Å². The molecule has 2 heterocycles. The number of rotatable bonds is 8. The lowest BCUT2D eigenvalue weighted by Crippen LogP contribution is -2.52. The summed E-state index contributed by atoms with van der Waals surface area (Å²) in [7, 11) is 0. The van der Waals surface area contributed by atoms with Crippen LogP contribution in [0.1, 0.15) is 38.1 Å². The number of aromatic amines is 1. The number of anilines is 2. The fourth-order valence-corrected chi connectivity index (χ4v) is 4.22. The van der Waals surface area contributed by atoms with Gasteiger partial charge in [-0.1, -0.05) is 45.9 Å². The van der Waals surface area contributed by atoms with Crippen molar-refractivity contribution in [2.45, 2.75) is 34.2 Å². The minimum Gasteiger partial charge on any atom is -0.383 e. The Morgan fingerprint density at radius 3 is 2.20 bits per heavy atom. The van der Waals surface area contributed by atoms with Gasteiger partial charge in [-0.25, -0.2) is 4.79 Å². The summed E-state index contributed by atoms with van der Waals surface area (Å²) < 4.78 is 1.32. The van der Waals surface area contributed by atoms with Crippen LogP contribution in [0.3, 0.4) is 0 Å². The second-order valence-corrected chi connectivity index (χ2v) is 9.83. The molecule has 1 aliphatic heterocycles. The summed E-state index contributed by atoms with van der Waals surface area (Å²) in [4.78, 5) is 58.7. The van der Waals surface area contributed by atoms with E-state index in [1.165, 1.54) is 9.47 Å². The van der Waals surface area contributed by atoms with E-state index < -0.39 is 11.2 Å². The van der Waals surface area contributed by atoms with Crippen LogP contribution in [-0.4, -0.2) is 70.4 Å². The maximum Gasteiger partial charge on any atom is 0.330 e. The maximum atomic E-state index is 13.4. The Kier molecular flexibility index (Phi) is 8.50. The molecule has 10 heteroatoms. The topological polar surface area (TPSA) is 125 Å². The number of nitrogens with one attached hydrogen (secondary N) is 1. The van der Waals surface area contributed by atoms with Crippen LogP contribution in [0.2, 0.25) is 0 Å². The largest absolute Gasteiger partial charge is 0.383 e. The molecule has 10 nitrogen and oxygen atoms in total. The van der Waals surface area contributed by atoms with Gasteiger partial charge in [0.15, 0.2) is 5.69 Å². The number of piperazine rings is 1. The molecule has 3 rings (SSSR count). The molecule has 0 aliphatic carbocycles. The standard InChI is InChI=1S/C25H36N6O4/c1-17(2)14-30(21-22(26)31(15-18(3)4)25(35)27-23(21)33)20(32)16-28-10-12-29(13-11-28)24(34)19-8-6-5-7-9-19/h5-9,17-18H,10-16,26H2,1-4H3,(H,27,33,35). The fraction of sp³-hybridized carbons (Fsp3) is 0.520. The van der Waals surface area contributed by atoms with Gasteiger partial charge in [0.25, 0.3) is 11.5 Å². The monoisotopic (exact) mass is 484 g/mol. The third kappa shape index (κ3) is 6.39. The number of benzene rings is 1. The fourth-order valence-electron chi connectivity index (χ4n) is 4.22. The molecule has 190 valence electrons. The predicted molar refractivity (Wildman–Crippen MR) is 137 cm³/mol. The number of nitrogens with zero attached hydrogens (tertiary/aromatic N) is 4. The number of H-pyrrole nitrogens is 1. The van der Waals surface area contributed by atoms with Crippen molar-refractivity contribution in [3.63, 3.8) is 0 Å². The van der Waals surface area contributed by atoms with E-state index in [-0.39, 0.29) is 41.7 Å². The van der Waals surface area contributed by atoms with Crippen molar-refractivity contribution in [1.29, 1.82) is 0 Å². The van der Waals surface area contributed by atoms with Gasteiger partial charge in [-0.05, 0) is 24.0 Å². The van der Waals surface area contributed by atoms with Crippen molar-refractivity contribution in [2.24, 2.45) is 11.8 Å². The number of hydrogen-bond acceptors (Lipinski definition) is 6. The summed E-state index contributed by atoms with van der Waals surface area (Å²) in [5.74, 6) is -0.0978. The minimum atomic E-state index is -0.667. The molecule has 0 atom stereocenters. The van der Waals surface area contributed by atoms with Crippen LogP contribution in [0.4, 0.5) is 11.5 Å². The van der Waals surface area contributed by atoms with Crippen molar-refractivity contribution in [1.82, 2.24) is 19.4 Å². The number of hydrogen-bond donors (Lipinski definition) is 2. The predicted octanol–water partition coefficient (Wildman–Crippen LogP) is 1.22. The maximum absolute atomic E-state index is 13.4.